The van der Waals surface area contributed by atoms with Crippen LogP contribution in [0.2, 0.25) is 0 Å². The third-order valence-corrected chi connectivity index (χ3v) is 6.99. The smallest absolute Gasteiger partial charge is 0.417 e. The first kappa shape index (κ1) is 26.1. The zero-order valence-electron chi connectivity index (χ0n) is 20.0. The van der Waals surface area contributed by atoms with Crippen LogP contribution in [-0.4, -0.2) is 51.3 Å². The Hall–Kier alpha value is -2.53. The normalized spacial score (nSPS) is 19.7. The SMILES string of the molecule is CSC1=NC(C)=C2C(=O)OCCCCCSc3ccc([N+](=O)[O-])cc3C2N1C(=O)OC(C)(C)C. The number of carbonyl (C=O) groups is 2. The van der Waals surface area contributed by atoms with Crippen LogP contribution in [0, 0.1) is 10.1 Å². The maximum absolute atomic E-state index is 13.4. The molecule has 0 spiro atoms. The molecule has 9 nitrogen and oxygen atoms in total. The van der Waals surface area contributed by atoms with Crippen molar-refractivity contribution in [2.75, 3.05) is 18.6 Å². The number of esters is 1. The minimum Gasteiger partial charge on any atom is -0.462 e. The molecule has 2 aliphatic rings. The van der Waals surface area contributed by atoms with Crippen LogP contribution in [0.1, 0.15) is 58.6 Å². The molecule has 2 aliphatic heterocycles. The van der Waals surface area contributed by atoms with Crippen LogP contribution in [0.3, 0.4) is 0 Å². The van der Waals surface area contributed by atoms with Crippen molar-refractivity contribution in [1.29, 1.82) is 0 Å². The number of carbonyl (C=O) groups excluding carboxylic acids is 2. The predicted molar refractivity (Wildman–Crippen MR) is 133 cm³/mol. The van der Waals surface area contributed by atoms with Crippen LogP contribution in [0.15, 0.2) is 39.4 Å². The molecule has 11 heteroatoms. The molecule has 0 N–H and O–H groups in total. The van der Waals surface area contributed by atoms with Crippen LogP contribution in [0.4, 0.5) is 10.5 Å². The number of hydrogen-bond acceptors (Lipinski definition) is 9. The van der Waals surface area contributed by atoms with E-state index in [1.807, 2.05) is 0 Å². The number of ether oxygens (including phenoxy) is 2. The molecule has 1 aromatic rings. The molecule has 0 saturated carbocycles. The maximum atomic E-state index is 13.4. The molecule has 2 heterocycles. The number of nitro benzene ring substituents is 1. The van der Waals surface area contributed by atoms with E-state index in [0.29, 0.717) is 16.4 Å². The quantitative estimate of drug-likeness (QED) is 0.270. The number of aliphatic imine (C=N–C) groups is 1. The van der Waals surface area contributed by atoms with E-state index < -0.39 is 28.6 Å². The zero-order chi connectivity index (χ0) is 25.0. The number of amides is 1. The Kier molecular flexibility index (Phi) is 8.29. The van der Waals surface area contributed by atoms with Crippen molar-refractivity contribution in [3.63, 3.8) is 0 Å². The van der Waals surface area contributed by atoms with Gasteiger partial charge in [-0.15, -0.1) is 11.8 Å². The van der Waals surface area contributed by atoms with Gasteiger partial charge in [0.2, 0.25) is 0 Å². The van der Waals surface area contributed by atoms with Gasteiger partial charge in [-0.25, -0.2) is 19.5 Å². The molecule has 34 heavy (non-hydrogen) atoms. The molecular weight excluding hydrogens is 478 g/mol. The summed E-state index contributed by atoms with van der Waals surface area (Å²) in [5.41, 5.74) is 0.112. The van der Waals surface area contributed by atoms with Gasteiger partial charge in [0.05, 0.1) is 22.8 Å². The number of cyclic esters (lactones) is 1. The van der Waals surface area contributed by atoms with Gasteiger partial charge in [0.1, 0.15) is 11.6 Å². The fourth-order valence-corrected chi connectivity index (χ4v) is 5.36. The molecule has 0 aliphatic carbocycles. The number of nitro groups is 1. The summed E-state index contributed by atoms with van der Waals surface area (Å²) in [6.45, 7) is 7.17. The Bertz CT molecular complexity index is 1050. The fraction of sp³-hybridized carbons (Fsp3) is 0.522. The first-order chi connectivity index (χ1) is 16.0. The Balaban J connectivity index is 2.28. The Morgan fingerprint density at radius 2 is 2.06 bits per heavy atom. The highest BCUT2D eigenvalue weighted by molar-refractivity contribution is 8.13. The molecular formula is C23H29N3O6S2. The number of fused-ring (bicyclic) bond motifs is 3. The molecule has 1 unspecified atom stereocenters. The summed E-state index contributed by atoms with van der Waals surface area (Å²) >= 11 is 2.78. The summed E-state index contributed by atoms with van der Waals surface area (Å²) in [6, 6.07) is 3.57. The van der Waals surface area contributed by atoms with Crippen LogP contribution in [-0.2, 0) is 14.3 Å². The van der Waals surface area contributed by atoms with Gasteiger partial charge >= 0.3 is 12.1 Å². The highest BCUT2D eigenvalue weighted by Gasteiger charge is 2.43. The van der Waals surface area contributed by atoms with Crippen LogP contribution in [0.25, 0.3) is 0 Å². The summed E-state index contributed by atoms with van der Waals surface area (Å²) < 4.78 is 11.2. The van der Waals surface area contributed by atoms with Gasteiger partial charge in [-0.2, -0.15) is 0 Å². The van der Waals surface area contributed by atoms with Crippen molar-refractivity contribution in [2.24, 2.45) is 4.99 Å². The molecule has 0 radical (unpaired) electrons. The lowest BCUT2D eigenvalue weighted by molar-refractivity contribution is -0.385. The number of amidine groups is 1. The van der Waals surface area contributed by atoms with Crippen molar-refractivity contribution >= 4 is 46.4 Å². The molecule has 1 aromatic carbocycles. The van der Waals surface area contributed by atoms with Crippen LogP contribution < -0.4 is 0 Å². The van der Waals surface area contributed by atoms with Gasteiger partial charge in [0.25, 0.3) is 5.69 Å². The van der Waals surface area contributed by atoms with Gasteiger partial charge in [0.15, 0.2) is 5.17 Å². The minimum atomic E-state index is -0.982. The molecule has 1 amide bonds. The highest BCUT2D eigenvalue weighted by atomic mass is 32.2. The average molecular weight is 508 g/mol. The first-order valence-corrected chi connectivity index (χ1v) is 13.2. The van der Waals surface area contributed by atoms with E-state index in [4.69, 9.17) is 9.47 Å². The summed E-state index contributed by atoms with van der Waals surface area (Å²) in [5, 5.41) is 12.0. The van der Waals surface area contributed by atoms with Crippen molar-refractivity contribution in [2.45, 2.75) is 63.5 Å². The lowest BCUT2D eigenvalue weighted by Crippen LogP contribution is -2.45. The summed E-state index contributed by atoms with van der Waals surface area (Å²) in [7, 11) is 0. The Morgan fingerprint density at radius 1 is 1.32 bits per heavy atom. The van der Waals surface area contributed by atoms with Crippen LogP contribution in [0.5, 0.6) is 0 Å². The van der Waals surface area contributed by atoms with E-state index in [-0.39, 0.29) is 17.9 Å². The number of benzene rings is 1. The maximum Gasteiger partial charge on any atom is 0.417 e. The minimum absolute atomic E-state index is 0.130. The molecule has 3 rings (SSSR count). The predicted octanol–water partition coefficient (Wildman–Crippen LogP) is 5.70. The Morgan fingerprint density at radius 3 is 2.71 bits per heavy atom. The van der Waals surface area contributed by atoms with Gasteiger partial charge < -0.3 is 9.47 Å². The largest absolute Gasteiger partial charge is 0.462 e. The van der Waals surface area contributed by atoms with E-state index >= 15 is 0 Å². The second-order valence-electron chi connectivity index (χ2n) is 8.87. The number of non-ortho nitro benzene ring substituents is 1. The molecule has 0 aromatic heterocycles. The fourth-order valence-electron chi connectivity index (χ4n) is 3.69. The second kappa shape index (κ2) is 10.8. The van der Waals surface area contributed by atoms with E-state index in [9.17, 15) is 19.7 Å². The zero-order valence-corrected chi connectivity index (χ0v) is 21.6. The number of thioether (sulfide) groups is 2. The third-order valence-electron chi connectivity index (χ3n) is 5.16. The van der Waals surface area contributed by atoms with E-state index in [1.165, 1.54) is 28.8 Å². The highest BCUT2D eigenvalue weighted by Crippen LogP contribution is 2.43. The van der Waals surface area contributed by atoms with Gasteiger partial charge in [-0.3, -0.25) is 10.1 Å². The monoisotopic (exact) mass is 507 g/mol. The van der Waals surface area contributed by atoms with E-state index in [1.54, 1.807) is 51.8 Å². The lowest BCUT2D eigenvalue weighted by Gasteiger charge is -2.37. The standard InChI is InChI=1S/C23H29N3O6S2/c1-14-18-19(25(21(24-14)33-5)22(28)32-23(2,3)4)16-13-15(26(29)30)9-10-17(16)34-12-8-6-7-11-31-20(18)27/h9-10,13,19H,6-8,11-12H2,1-5H3. The van der Waals surface area contributed by atoms with Crippen molar-refractivity contribution in [3.8, 4) is 0 Å². The summed E-state index contributed by atoms with van der Waals surface area (Å²) in [5.74, 6) is 0.197. The van der Waals surface area contributed by atoms with Gasteiger partial charge in [0, 0.05) is 22.6 Å². The first-order valence-electron chi connectivity index (χ1n) is 11.0. The molecule has 184 valence electrons. The number of hydrogen-bond donors (Lipinski definition) is 0. The molecule has 0 saturated heterocycles. The van der Waals surface area contributed by atoms with Crippen LogP contribution >= 0.6 is 23.5 Å². The number of nitrogens with zero attached hydrogens (tertiary/aromatic N) is 3. The average Bonchev–Trinajstić information content (AvgIpc) is 2.75. The van der Waals surface area contributed by atoms with Crippen molar-refractivity contribution in [3.05, 3.63) is 45.1 Å². The van der Waals surface area contributed by atoms with Crippen molar-refractivity contribution < 1.29 is 24.0 Å². The molecule has 0 fully saturated rings. The van der Waals surface area contributed by atoms with Gasteiger partial charge in [-0.1, -0.05) is 11.8 Å². The lowest BCUT2D eigenvalue weighted by atomic mass is 9.94. The molecule has 1 atom stereocenters. The van der Waals surface area contributed by atoms with E-state index in [0.717, 1.165) is 29.9 Å². The second-order valence-corrected chi connectivity index (χ2v) is 10.8. The number of allylic oxidation sites excluding steroid dienone is 1. The molecule has 0 bridgehead atoms. The van der Waals surface area contributed by atoms with Crippen molar-refractivity contribution in [1.82, 2.24) is 4.90 Å². The third kappa shape index (κ3) is 5.93. The van der Waals surface area contributed by atoms with Gasteiger partial charge in [-0.05, 0) is 65.0 Å². The van der Waals surface area contributed by atoms with E-state index in [2.05, 4.69) is 4.99 Å². The summed E-state index contributed by atoms with van der Waals surface area (Å²) in [4.78, 5) is 44.5. The topological polar surface area (TPSA) is 111 Å². The summed E-state index contributed by atoms with van der Waals surface area (Å²) in [6.07, 6.45) is 3.59. The number of rotatable bonds is 1. The Labute approximate surface area is 207 Å².